The van der Waals surface area contributed by atoms with Crippen LogP contribution in [0.4, 0.5) is 11.8 Å². The Labute approximate surface area is 91.5 Å². The Kier molecular flexibility index (Phi) is 4.87. The van der Waals surface area contributed by atoms with E-state index in [1.54, 1.807) is 6.20 Å². The first kappa shape index (κ1) is 11.8. The molecule has 1 aromatic rings. The summed E-state index contributed by atoms with van der Waals surface area (Å²) in [6.07, 6.45) is 4.12. The fraction of sp³-hybridized carbons (Fsp3) is 0.636. The van der Waals surface area contributed by atoms with Crippen molar-refractivity contribution in [3.05, 3.63) is 12.3 Å². The lowest BCUT2D eigenvalue weighted by Crippen LogP contribution is -2.13. The number of hydrogen-bond donors (Lipinski definition) is 2. The quantitative estimate of drug-likeness (QED) is 0.705. The maximum atomic E-state index is 4.35. The van der Waals surface area contributed by atoms with E-state index < -0.39 is 0 Å². The molecular weight excluding hydrogens is 188 g/mol. The maximum Gasteiger partial charge on any atom is 0.224 e. The minimum Gasteiger partial charge on any atom is -0.370 e. The minimum absolute atomic E-state index is 0.357. The molecule has 1 heterocycles. The highest BCUT2D eigenvalue weighted by atomic mass is 15.1. The number of nitrogens with zero attached hydrogens (tertiary/aromatic N) is 2. The van der Waals surface area contributed by atoms with Gasteiger partial charge in [0.25, 0.3) is 0 Å². The van der Waals surface area contributed by atoms with Crippen LogP contribution in [-0.2, 0) is 0 Å². The van der Waals surface area contributed by atoms with Gasteiger partial charge in [-0.25, -0.2) is 4.98 Å². The van der Waals surface area contributed by atoms with E-state index in [-0.39, 0.29) is 0 Å². The second kappa shape index (κ2) is 6.22. The van der Waals surface area contributed by atoms with E-state index in [1.165, 1.54) is 6.42 Å². The lowest BCUT2D eigenvalue weighted by Gasteiger charge is -2.09. The summed E-state index contributed by atoms with van der Waals surface area (Å²) in [6.45, 7) is 7.28. The van der Waals surface area contributed by atoms with Crippen molar-refractivity contribution < 1.29 is 0 Å². The molecule has 0 radical (unpaired) electrons. The zero-order valence-corrected chi connectivity index (χ0v) is 9.75. The van der Waals surface area contributed by atoms with Gasteiger partial charge in [0.15, 0.2) is 0 Å². The van der Waals surface area contributed by atoms with Gasteiger partial charge in [0.1, 0.15) is 5.82 Å². The smallest absolute Gasteiger partial charge is 0.224 e. The summed E-state index contributed by atoms with van der Waals surface area (Å²) >= 11 is 0. The second-order valence-corrected chi connectivity index (χ2v) is 3.84. The van der Waals surface area contributed by atoms with E-state index in [2.05, 4.69) is 41.4 Å². The Morgan fingerprint density at radius 3 is 2.87 bits per heavy atom. The molecule has 0 bridgehead atoms. The van der Waals surface area contributed by atoms with Crippen LogP contribution >= 0.6 is 0 Å². The Bertz CT molecular complexity index is 286. The second-order valence-electron chi connectivity index (χ2n) is 3.84. The molecule has 0 saturated heterocycles. The largest absolute Gasteiger partial charge is 0.370 e. The summed E-state index contributed by atoms with van der Waals surface area (Å²) in [5, 5.41) is 6.44. The molecule has 0 saturated carbocycles. The van der Waals surface area contributed by atoms with Crippen LogP contribution in [0.2, 0.25) is 0 Å². The predicted octanol–water partition coefficient (Wildman–Crippen LogP) is 2.51. The third-order valence-electron chi connectivity index (χ3n) is 1.91. The van der Waals surface area contributed by atoms with Crippen molar-refractivity contribution in [1.29, 1.82) is 0 Å². The van der Waals surface area contributed by atoms with Gasteiger partial charge < -0.3 is 10.6 Å². The number of rotatable bonds is 6. The number of unbranched alkanes of at least 4 members (excludes halogenated alkanes) is 1. The summed E-state index contributed by atoms with van der Waals surface area (Å²) in [4.78, 5) is 8.50. The van der Waals surface area contributed by atoms with Crippen molar-refractivity contribution in [2.24, 2.45) is 0 Å². The van der Waals surface area contributed by atoms with Gasteiger partial charge in [0.2, 0.25) is 5.95 Å². The number of aromatic nitrogens is 2. The first-order valence-electron chi connectivity index (χ1n) is 5.56. The van der Waals surface area contributed by atoms with Crippen molar-refractivity contribution in [2.45, 2.75) is 39.7 Å². The van der Waals surface area contributed by atoms with E-state index >= 15 is 0 Å². The molecular formula is C11H20N4. The monoisotopic (exact) mass is 208 g/mol. The van der Waals surface area contributed by atoms with Crippen molar-refractivity contribution in [2.75, 3.05) is 17.2 Å². The van der Waals surface area contributed by atoms with Gasteiger partial charge in [0.05, 0.1) is 0 Å². The third kappa shape index (κ3) is 4.63. The Morgan fingerprint density at radius 2 is 2.20 bits per heavy atom. The van der Waals surface area contributed by atoms with Gasteiger partial charge in [0, 0.05) is 18.8 Å². The van der Waals surface area contributed by atoms with Crippen LogP contribution < -0.4 is 10.6 Å². The van der Waals surface area contributed by atoms with Crippen molar-refractivity contribution in [3.63, 3.8) is 0 Å². The zero-order chi connectivity index (χ0) is 11.1. The third-order valence-corrected chi connectivity index (χ3v) is 1.91. The molecule has 0 aliphatic heterocycles. The van der Waals surface area contributed by atoms with Crippen LogP contribution in [0.5, 0.6) is 0 Å². The van der Waals surface area contributed by atoms with Crippen molar-refractivity contribution in [3.8, 4) is 0 Å². The first-order valence-corrected chi connectivity index (χ1v) is 5.56. The molecule has 1 aromatic heterocycles. The van der Waals surface area contributed by atoms with E-state index in [0.29, 0.717) is 12.0 Å². The Hall–Kier alpha value is -1.32. The van der Waals surface area contributed by atoms with Crippen LogP contribution in [-0.4, -0.2) is 22.6 Å². The summed E-state index contributed by atoms with van der Waals surface area (Å²) in [7, 11) is 0. The predicted molar refractivity (Wildman–Crippen MR) is 64.2 cm³/mol. The van der Waals surface area contributed by atoms with Crippen LogP contribution in [0, 0.1) is 0 Å². The molecule has 0 atom stereocenters. The van der Waals surface area contributed by atoms with Crippen LogP contribution in [0.3, 0.4) is 0 Å². The average Bonchev–Trinajstić information content (AvgIpc) is 2.18. The van der Waals surface area contributed by atoms with E-state index in [0.717, 1.165) is 18.8 Å². The van der Waals surface area contributed by atoms with Gasteiger partial charge in [-0.05, 0) is 26.3 Å². The highest BCUT2D eigenvalue weighted by Crippen LogP contribution is 2.06. The standard InChI is InChI=1S/C11H20N4/c1-4-5-7-12-10-6-8-13-11(15-10)14-9(2)3/h6,8-9H,4-5,7H2,1-3H3,(H2,12,13,14,15). The number of nitrogens with one attached hydrogen (secondary N) is 2. The van der Waals surface area contributed by atoms with E-state index in [9.17, 15) is 0 Å². The molecule has 2 N–H and O–H groups in total. The highest BCUT2D eigenvalue weighted by Gasteiger charge is 1.99. The van der Waals surface area contributed by atoms with Gasteiger partial charge in [-0.3, -0.25) is 0 Å². The Morgan fingerprint density at radius 1 is 1.40 bits per heavy atom. The van der Waals surface area contributed by atoms with Crippen LogP contribution in [0.15, 0.2) is 12.3 Å². The highest BCUT2D eigenvalue weighted by molar-refractivity contribution is 5.39. The zero-order valence-electron chi connectivity index (χ0n) is 9.75. The molecule has 0 amide bonds. The van der Waals surface area contributed by atoms with Crippen LogP contribution in [0.25, 0.3) is 0 Å². The SMILES string of the molecule is CCCCNc1ccnc(NC(C)C)n1. The van der Waals surface area contributed by atoms with Gasteiger partial charge >= 0.3 is 0 Å². The molecule has 4 nitrogen and oxygen atoms in total. The molecule has 0 aliphatic carbocycles. The Balaban J connectivity index is 2.50. The van der Waals surface area contributed by atoms with Crippen molar-refractivity contribution >= 4 is 11.8 Å². The number of hydrogen-bond acceptors (Lipinski definition) is 4. The molecule has 0 unspecified atom stereocenters. The van der Waals surface area contributed by atoms with E-state index in [1.807, 2.05) is 6.07 Å². The fourth-order valence-electron chi connectivity index (χ4n) is 1.18. The molecule has 84 valence electrons. The maximum absolute atomic E-state index is 4.35. The average molecular weight is 208 g/mol. The molecule has 4 heteroatoms. The summed E-state index contributed by atoms with van der Waals surface area (Å²) in [5.41, 5.74) is 0. The molecule has 0 aliphatic rings. The normalized spacial score (nSPS) is 10.4. The summed E-state index contributed by atoms with van der Waals surface area (Å²) < 4.78 is 0. The number of anilines is 2. The summed E-state index contributed by atoms with van der Waals surface area (Å²) in [5.74, 6) is 1.58. The van der Waals surface area contributed by atoms with Gasteiger partial charge in [-0.1, -0.05) is 13.3 Å². The van der Waals surface area contributed by atoms with E-state index in [4.69, 9.17) is 0 Å². The van der Waals surface area contributed by atoms with Crippen molar-refractivity contribution in [1.82, 2.24) is 9.97 Å². The fourth-order valence-corrected chi connectivity index (χ4v) is 1.18. The topological polar surface area (TPSA) is 49.8 Å². The molecule has 1 rings (SSSR count). The minimum atomic E-state index is 0.357. The summed E-state index contributed by atoms with van der Waals surface area (Å²) in [6, 6.07) is 2.25. The first-order chi connectivity index (χ1) is 7.22. The lowest BCUT2D eigenvalue weighted by molar-refractivity contribution is 0.828. The van der Waals surface area contributed by atoms with Gasteiger partial charge in [-0.2, -0.15) is 4.98 Å². The molecule has 0 aromatic carbocycles. The molecule has 0 spiro atoms. The van der Waals surface area contributed by atoms with Crippen LogP contribution in [0.1, 0.15) is 33.6 Å². The molecule has 0 fully saturated rings. The van der Waals surface area contributed by atoms with Gasteiger partial charge in [-0.15, -0.1) is 0 Å². The lowest BCUT2D eigenvalue weighted by atomic mass is 10.3. The molecule has 15 heavy (non-hydrogen) atoms.